The van der Waals surface area contributed by atoms with E-state index in [4.69, 9.17) is 5.73 Å². The third-order valence-corrected chi connectivity index (χ3v) is 2.58. The van der Waals surface area contributed by atoms with Gasteiger partial charge in [-0.3, -0.25) is 4.98 Å². The van der Waals surface area contributed by atoms with E-state index in [2.05, 4.69) is 4.98 Å². The van der Waals surface area contributed by atoms with Gasteiger partial charge in [0, 0.05) is 12.7 Å². The van der Waals surface area contributed by atoms with E-state index < -0.39 is 0 Å². The number of pyridine rings is 1. The summed E-state index contributed by atoms with van der Waals surface area (Å²) in [5, 5.41) is 0. The number of nitrogens with two attached hydrogens (primary N) is 1. The van der Waals surface area contributed by atoms with Crippen LogP contribution >= 0.6 is 0 Å². The molecule has 4 heteroatoms. The van der Waals surface area contributed by atoms with Crippen LogP contribution in [0.3, 0.4) is 0 Å². The number of rotatable bonds is 3. The highest BCUT2D eigenvalue weighted by molar-refractivity contribution is 5.74. The maximum Gasteiger partial charge on any atom is 0.146 e. The molecule has 0 aliphatic heterocycles. The number of anilines is 3. The average Bonchev–Trinajstić information content (AvgIpc) is 2.34. The van der Waals surface area contributed by atoms with Gasteiger partial charge in [0.1, 0.15) is 5.82 Å². The van der Waals surface area contributed by atoms with Gasteiger partial charge in [0.25, 0.3) is 0 Å². The SMILES string of the molecule is CCN(c1ccncc1N)c1ccccc1F. The lowest BCUT2D eigenvalue weighted by Gasteiger charge is -2.24. The molecule has 3 nitrogen and oxygen atoms in total. The molecule has 0 aliphatic carbocycles. The van der Waals surface area contributed by atoms with Crippen molar-refractivity contribution in [2.75, 3.05) is 17.2 Å². The van der Waals surface area contributed by atoms with Crippen molar-refractivity contribution in [1.82, 2.24) is 4.98 Å². The molecule has 0 radical (unpaired) electrons. The second kappa shape index (κ2) is 4.82. The van der Waals surface area contributed by atoms with E-state index >= 15 is 0 Å². The lowest BCUT2D eigenvalue weighted by molar-refractivity contribution is 0.625. The fraction of sp³-hybridized carbons (Fsp3) is 0.154. The van der Waals surface area contributed by atoms with E-state index in [1.807, 2.05) is 11.8 Å². The van der Waals surface area contributed by atoms with Crippen LogP contribution in [0.15, 0.2) is 42.7 Å². The molecule has 1 aromatic carbocycles. The molecule has 17 heavy (non-hydrogen) atoms. The van der Waals surface area contributed by atoms with Crippen molar-refractivity contribution < 1.29 is 4.39 Å². The van der Waals surface area contributed by atoms with Gasteiger partial charge in [-0.1, -0.05) is 12.1 Å². The van der Waals surface area contributed by atoms with Crippen LogP contribution in [0, 0.1) is 5.82 Å². The van der Waals surface area contributed by atoms with Crippen LogP contribution in [0.25, 0.3) is 0 Å². The molecule has 0 spiro atoms. The van der Waals surface area contributed by atoms with E-state index in [0.717, 1.165) is 5.69 Å². The van der Waals surface area contributed by atoms with Crippen LogP contribution in [0.5, 0.6) is 0 Å². The Labute approximate surface area is 99.7 Å². The number of hydrogen-bond donors (Lipinski definition) is 1. The molecule has 1 aromatic heterocycles. The summed E-state index contributed by atoms with van der Waals surface area (Å²) in [7, 11) is 0. The van der Waals surface area contributed by atoms with Crippen molar-refractivity contribution in [1.29, 1.82) is 0 Å². The number of aromatic nitrogens is 1. The predicted molar refractivity (Wildman–Crippen MR) is 67.7 cm³/mol. The lowest BCUT2D eigenvalue weighted by Crippen LogP contribution is -2.18. The second-order valence-electron chi connectivity index (χ2n) is 3.63. The first-order valence-electron chi connectivity index (χ1n) is 5.45. The molecule has 2 aromatic rings. The maximum absolute atomic E-state index is 13.7. The Bertz CT molecular complexity index is 468. The molecule has 0 amide bonds. The van der Waals surface area contributed by atoms with Crippen molar-refractivity contribution >= 4 is 17.1 Å². The molecule has 88 valence electrons. The van der Waals surface area contributed by atoms with Gasteiger partial charge in [0.15, 0.2) is 0 Å². The highest BCUT2D eigenvalue weighted by atomic mass is 19.1. The largest absolute Gasteiger partial charge is 0.396 e. The number of para-hydroxylation sites is 1. The minimum Gasteiger partial charge on any atom is -0.396 e. The summed E-state index contributed by atoms with van der Waals surface area (Å²) in [6.45, 7) is 2.58. The highest BCUT2D eigenvalue weighted by Gasteiger charge is 2.13. The zero-order valence-corrected chi connectivity index (χ0v) is 9.60. The van der Waals surface area contributed by atoms with Crippen LogP contribution in [-0.4, -0.2) is 11.5 Å². The molecule has 0 atom stereocenters. The number of halogens is 1. The number of hydrogen-bond acceptors (Lipinski definition) is 3. The summed E-state index contributed by atoms with van der Waals surface area (Å²) in [6.07, 6.45) is 3.22. The van der Waals surface area contributed by atoms with E-state index in [0.29, 0.717) is 17.9 Å². The molecule has 0 fully saturated rings. The summed E-state index contributed by atoms with van der Waals surface area (Å²) in [4.78, 5) is 5.76. The lowest BCUT2D eigenvalue weighted by atomic mass is 10.2. The van der Waals surface area contributed by atoms with Crippen LogP contribution < -0.4 is 10.6 Å². The first-order valence-corrected chi connectivity index (χ1v) is 5.45. The van der Waals surface area contributed by atoms with Crippen molar-refractivity contribution in [3.05, 3.63) is 48.5 Å². The minimum atomic E-state index is -0.259. The van der Waals surface area contributed by atoms with Gasteiger partial charge in [0.2, 0.25) is 0 Å². The highest BCUT2D eigenvalue weighted by Crippen LogP contribution is 2.30. The Balaban J connectivity index is 2.48. The fourth-order valence-corrected chi connectivity index (χ4v) is 1.79. The van der Waals surface area contributed by atoms with Crippen molar-refractivity contribution in [2.45, 2.75) is 6.92 Å². The van der Waals surface area contributed by atoms with Crippen molar-refractivity contribution in [3.8, 4) is 0 Å². The third-order valence-electron chi connectivity index (χ3n) is 2.58. The zero-order valence-electron chi connectivity index (χ0n) is 9.60. The standard InChI is InChI=1S/C13H14FN3/c1-2-17(12-6-4-3-5-10(12)14)13-7-8-16-9-11(13)15/h3-9H,2,15H2,1H3. The van der Waals surface area contributed by atoms with E-state index in [9.17, 15) is 4.39 Å². The van der Waals surface area contributed by atoms with Gasteiger partial charge in [0.05, 0.1) is 23.3 Å². The van der Waals surface area contributed by atoms with Crippen LogP contribution in [0.4, 0.5) is 21.5 Å². The normalized spacial score (nSPS) is 10.2. The van der Waals surface area contributed by atoms with Gasteiger partial charge in [-0.05, 0) is 25.1 Å². The zero-order chi connectivity index (χ0) is 12.3. The number of nitrogens with zero attached hydrogens (tertiary/aromatic N) is 2. The molecule has 0 aliphatic rings. The molecule has 2 N–H and O–H groups in total. The molecular formula is C13H14FN3. The van der Waals surface area contributed by atoms with Crippen LogP contribution in [0.2, 0.25) is 0 Å². The Morgan fingerprint density at radius 1 is 1.24 bits per heavy atom. The van der Waals surface area contributed by atoms with Gasteiger partial charge in [-0.2, -0.15) is 0 Å². The summed E-state index contributed by atoms with van der Waals surface area (Å²) >= 11 is 0. The Morgan fingerprint density at radius 3 is 2.65 bits per heavy atom. The molecule has 0 saturated carbocycles. The fourth-order valence-electron chi connectivity index (χ4n) is 1.79. The molecule has 0 unspecified atom stereocenters. The first-order chi connectivity index (χ1) is 8.24. The molecule has 0 bridgehead atoms. The van der Waals surface area contributed by atoms with E-state index in [-0.39, 0.29) is 5.82 Å². The van der Waals surface area contributed by atoms with E-state index in [1.165, 1.54) is 6.07 Å². The monoisotopic (exact) mass is 231 g/mol. The van der Waals surface area contributed by atoms with Gasteiger partial charge >= 0.3 is 0 Å². The summed E-state index contributed by atoms with van der Waals surface area (Å²) in [6, 6.07) is 8.43. The Kier molecular flexibility index (Phi) is 3.23. The average molecular weight is 231 g/mol. The quantitative estimate of drug-likeness (QED) is 0.883. The molecule has 0 saturated heterocycles. The van der Waals surface area contributed by atoms with Gasteiger partial charge in [-0.25, -0.2) is 4.39 Å². The third kappa shape index (κ3) is 2.20. The van der Waals surface area contributed by atoms with Gasteiger partial charge < -0.3 is 10.6 Å². The summed E-state index contributed by atoms with van der Waals surface area (Å²) in [5.74, 6) is -0.259. The Morgan fingerprint density at radius 2 is 2.00 bits per heavy atom. The smallest absolute Gasteiger partial charge is 0.146 e. The van der Waals surface area contributed by atoms with E-state index in [1.54, 1.807) is 36.7 Å². The minimum absolute atomic E-state index is 0.259. The number of benzene rings is 1. The molecular weight excluding hydrogens is 217 g/mol. The van der Waals surface area contributed by atoms with Crippen molar-refractivity contribution in [2.24, 2.45) is 0 Å². The Hall–Kier alpha value is -2.10. The van der Waals surface area contributed by atoms with Crippen molar-refractivity contribution in [3.63, 3.8) is 0 Å². The summed E-state index contributed by atoms with van der Waals surface area (Å²) < 4.78 is 13.7. The maximum atomic E-state index is 13.7. The second-order valence-corrected chi connectivity index (χ2v) is 3.63. The van der Waals surface area contributed by atoms with Gasteiger partial charge in [-0.15, -0.1) is 0 Å². The predicted octanol–water partition coefficient (Wildman–Crippen LogP) is 2.96. The number of nitrogen functional groups attached to an aromatic ring is 1. The molecule has 1 heterocycles. The van der Waals surface area contributed by atoms with Crippen LogP contribution in [0.1, 0.15) is 6.92 Å². The van der Waals surface area contributed by atoms with Crippen LogP contribution in [-0.2, 0) is 0 Å². The first kappa shape index (κ1) is 11.4. The topological polar surface area (TPSA) is 42.2 Å². The summed E-state index contributed by atoms with van der Waals surface area (Å²) in [5.41, 5.74) is 7.69. The molecule has 2 rings (SSSR count).